The Bertz CT molecular complexity index is 761. The van der Waals surface area contributed by atoms with E-state index in [1.807, 2.05) is 4.72 Å². The highest BCUT2D eigenvalue weighted by Crippen LogP contribution is 2.25. The summed E-state index contributed by atoms with van der Waals surface area (Å²) < 4.78 is 62.3. The van der Waals surface area contributed by atoms with Crippen molar-refractivity contribution >= 4 is 16.0 Å². The van der Waals surface area contributed by atoms with E-state index in [2.05, 4.69) is 19.4 Å². The fourth-order valence-corrected chi connectivity index (χ4v) is 2.48. The number of nitrogens with zero attached hydrogens (tertiary/aromatic N) is 2. The monoisotopic (exact) mass is 319 g/mol. The Morgan fingerprint density at radius 2 is 2.05 bits per heavy atom. The van der Waals surface area contributed by atoms with Crippen molar-refractivity contribution < 1.29 is 26.5 Å². The molecule has 1 aromatic carbocycles. The molecule has 2 aromatic rings. The SMILES string of the molecule is CCc1noc(NS(=O)(=O)c2cc(F)c(OC)cc2F)n1. The van der Waals surface area contributed by atoms with Gasteiger partial charge in [0.1, 0.15) is 10.7 Å². The Morgan fingerprint density at radius 3 is 2.62 bits per heavy atom. The van der Waals surface area contributed by atoms with E-state index < -0.39 is 38.3 Å². The molecular formula is C11H11F2N3O4S. The summed E-state index contributed by atoms with van der Waals surface area (Å²) in [7, 11) is -3.27. The third-order valence-electron chi connectivity index (χ3n) is 2.50. The number of ether oxygens (including phenoxy) is 1. The molecule has 0 unspecified atom stereocenters. The summed E-state index contributed by atoms with van der Waals surface area (Å²) in [5.41, 5.74) is 0. The maximum Gasteiger partial charge on any atom is 0.335 e. The lowest BCUT2D eigenvalue weighted by atomic mass is 10.3. The van der Waals surface area contributed by atoms with E-state index in [0.717, 1.165) is 7.11 Å². The number of aryl methyl sites for hydroxylation is 1. The van der Waals surface area contributed by atoms with E-state index in [4.69, 9.17) is 0 Å². The van der Waals surface area contributed by atoms with Crippen LogP contribution in [-0.4, -0.2) is 25.7 Å². The second-order valence-electron chi connectivity index (χ2n) is 3.89. The Labute approximate surface area is 119 Å². The Balaban J connectivity index is 2.37. The Kier molecular flexibility index (Phi) is 4.07. The smallest absolute Gasteiger partial charge is 0.335 e. The van der Waals surface area contributed by atoms with Crippen LogP contribution in [0.15, 0.2) is 21.6 Å². The van der Waals surface area contributed by atoms with Gasteiger partial charge in [-0.2, -0.15) is 4.98 Å². The van der Waals surface area contributed by atoms with Gasteiger partial charge in [0, 0.05) is 18.6 Å². The zero-order valence-electron chi connectivity index (χ0n) is 11.1. The van der Waals surface area contributed by atoms with E-state index in [-0.39, 0.29) is 5.82 Å². The standard InChI is InChI=1S/C11H11F2N3O4S/c1-3-10-14-11(20-15-10)16-21(17,18)9-5-6(12)8(19-2)4-7(9)13/h4-5H,3H2,1-2H3,(H,14,15,16). The van der Waals surface area contributed by atoms with Crippen molar-refractivity contribution in [3.63, 3.8) is 0 Å². The first-order valence-electron chi connectivity index (χ1n) is 5.75. The minimum Gasteiger partial charge on any atom is -0.494 e. The summed E-state index contributed by atoms with van der Waals surface area (Å²) in [5.74, 6) is -2.32. The number of rotatable bonds is 5. The van der Waals surface area contributed by atoms with Crippen molar-refractivity contribution in [2.75, 3.05) is 11.8 Å². The first-order valence-corrected chi connectivity index (χ1v) is 7.24. The molecule has 1 heterocycles. The van der Waals surface area contributed by atoms with E-state index in [0.29, 0.717) is 18.6 Å². The molecule has 0 fully saturated rings. The number of nitrogens with one attached hydrogen (secondary N) is 1. The van der Waals surface area contributed by atoms with Gasteiger partial charge in [-0.1, -0.05) is 12.1 Å². The Hall–Kier alpha value is -2.23. The summed E-state index contributed by atoms with van der Waals surface area (Å²) in [6.07, 6.45) is 0.427. The predicted octanol–water partition coefficient (Wildman–Crippen LogP) is 1.72. The van der Waals surface area contributed by atoms with Gasteiger partial charge in [0.25, 0.3) is 10.0 Å². The third-order valence-corrected chi connectivity index (χ3v) is 3.84. The largest absolute Gasteiger partial charge is 0.494 e. The molecule has 2 rings (SSSR count). The average Bonchev–Trinajstić information content (AvgIpc) is 2.87. The molecule has 21 heavy (non-hydrogen) atoms. The highest BCUT2D eigenvalue weighted by atomic mass is 32.2. The van der Waals surface area contributed by atoms with Crippen LogP contribution in [0.1, 0.15) is 12.7 Å². The highest BCUT2D eigenvalue weighted by molar-refractivity contribution is 7.92. The van der Waals surface area contributed by atoms with Crippen LogP contribution in [0.4, 0.5) is 14.8 Å². The molecule has 114 valence electrons. The average molecular weight is 319 g/mol. The third kappa shape index (κ3) is 3.10. The number of hydrogen-bond donors (Lipinski definition) is 1. The number of methoxy groups -OCH3 is 1. The first kappa shape index (κ1) is 15.2. The predicted molar refractivity (Wildman–Crippen MR) is 67.4 cm³/mol. The molecule has 0 atom stereocenters. The maximum atomic E-state index is 13.8. The van der Waals surface area contributed by atoms with Gasteiger partial charge in [0.05, 0.1) is 7.11 Å². The molecule has 0 spiro atoms. The summed E-state index contributed by atoms with van der Waals surface area (Å²) in [6.45, 7) is 1.74. The van der Waals surface area contributed by atoms with E-state index in [1.54, 1.807) is 6.92 Å². The van der Waals surface area contributed by atoms with Crippen LogP contribution < -0.4 is 9.46 Å². The lowest BCUT2D eigenvalue weighted by Gasteiger charge is -2.08. The van der Waals surface area contributed by atoms with Crippen LogP contribution in [0, 0.1) is 11.6 Å². The quantitative estimate of drug-likeness (QED) is 0.902. The number of benzene rings is 1. The molecular weight excluding hydrogens is 308 g/mol. The van der Waals surface area contributed by atoms with Crippen molar-refractivity contribution in [1.82, 2.24) is 10.1 Å². The molecule has 0 aliphatic heterocycles. The van der Waals surface area contributed by atoms with Gasteiger partial charge in [0.15, 0.2) is 17.4 Å². The van der Waals surface area contributed by atoms with Crippen LogP contribution in [0.2, 0.25) is 0 Å². The van der Waals surface area contributed by atoms with Crippen molar-refractivity contribution in [3.8, 4) is 5.75 Å². The van der Waals surface area contributed by atoms with Crippen LogP contribution in [0.5, 0.6) is 5.75 Å². The number of aromatic nitrogens is 2. The summed E-state index contributed by atoms with van der Waals surface area (Å²) in [6, 6.07) is 0.713. The van der Waals surface area contributed by atoms with Crippen LogP contribution in [-0.2, 0) is 16.4 Å². The molecule has 0 aliphatic rings. The van der Waals surface area contributed by atoms with Crippen LogP contribution >= 0.6 is 0 Å². The molecule has 0 saturated heterocycles. The fourth-order valence-electron chi connectivity index (χ4n) is 1.48. The van der Waals surface area contributed by atoms with Crippen molar-refractivity contribution in [2.24, 2.45) is 0 Å². The lowest BCUT2D eigenvalue weighted by Crippen LogP contribution is -2.15. The molecule has 0 aliphatic carbocycles. The van der Waals surface area contributed by atoms with Crippen molar-refractivity contribution in [3.05, 3.63) is 29.6 Å². The molecule has 0 radical (unpaired) electrons. The van der Waals surface area contributed by atoms with Gasteiger partial charge >= 0.3 is 6.01 Å². The minimum atomic E-state index is -4.40. The van der Waals surface area contributed by atoms with Crippen molar-refractivity contribution in [2.45, 2.75) is 18.2 Å². The van der Waals surface area contributed by atoms with Gasteiger partial charge < -0.3 is 9.26 Å². The maximum absolute atomic E-state index is 13.8. The summed E-state index contributed by atoms with van der Waals surface area (Å²) in [4.78, 5) is 2.82. The lowest BCUT2D eigenvalue weighted by molar-refractivity contribution is 0.380. The first-order chi connectivity index (χ1) is 9.87. The topological polar surface area (TPSA) is 94.3 Å². The Morgan fingerprint density at radius 1 is 1.33 bits per heavy atom. The van der Waals surface area contributed by atoms with Gasteiger partial charge in [-0.25, -0.2) is 21.9 Å². The van der Waals surface area contributed by atoms with E-state index in [9.17, 15) is 17.2 Å². The zero-order chi connectivity index (χ0) is 15.6. The van der Waals surface area contributed by atoms with Gasteiger partial charge in [-0.05, 0) is 0 Å². The van der Waals surface area contributed by atoms with E-state index >= 15 is 0 Å². The molecule has 7 nitrogen and oxygen atoms in total. The van der Waals surface area contributed by atoms with Crippen LogP contribution in [0.25, 0.3) is 0 Å². The van der Waals surface area contributed by atoms with Crippen LogP contribution in [0.3, 0.4) is 0 Å². The minimum absolute atomic E-state index is 0.272. The number of sulfonamides is 1. The molecule has 10 heteroatoms. The number of hydrogen-bond acceptors (Lipinski definition) is 6. The molecule has 1 aromatic heterocycles. The zero-order valence-corrected chi connectivity index (χ0v) is 11.9. The van der Waals surface area contributed by atoms with Gasteiger partial charge in [0.2, 0.25) is 0 Å². The second-order valence-corrected chi connectivity index (χ2v) is 5.54. The van der Waals surface area contributed by atoms with Gasteiger partial charge in [-0.3, -0.25) is 0 Å². The molecule has 1 N–H and O–H groups in total. The number of anilines is 1. The van der Waals surface area contributed by atoms with E-state index in [1.165, 1.54) is 0 Å². The number of halogens is 2. The molecule has 0 saturated carbocycles. The normalized spacial score (nSPS) is 11.4. The molecule has 0 amide bonds. The van der Waals surface area contributed by atoms with Gasteiger partial charge in [-0.15, -0.1) is 0 Å². The fraction of sp³-hybridized carbons (Fsp3) is 0.273. The summed E-state index contributed by atoms with van der Waals surface area (Å²) >= 11 is 0. The molecule has 0 bridgehead atoms. The summed E-state index contributed by atoms with van der Waals surface area (Å²) in [5, 5.41) is 3.48. The second kappa shape index (κ2) is 5.64. The van der Waals surface area contributed by atoms with Crippen molar-refractivity contribution in [1.29, 1.82) is 0 Å². The highest BCUT2D eigenvalue weighted by Gasteiger charge is 2.24.